The lowest BCUT2D eigenvalue weighted by atomic mass is 9.95. The average molecular weight is 363 g/mol. The molecule has 0 saturated carbocycles. The fourth-order valence-electron chi connectivity index (χ4n) is 2.94. The SMILES string of the molecule is CCn1nc(-c2ccccc2)c(-c2ccccc2)c(C(=O)NCCO)c1=O. The number of aromatic nitrogens is 2. The first-order valence-corrected chi connectivity index (χ1v) is 8.82. The van der Waals surface area contributed by atoms with Crippen LogP contribution in [0.2, 0.25) is 0 Å². The van der Waals surface area contributed by atoms with Crippen LogP contribution < -0.4 is 10.9 Å². The quantitative estimate of drug-likeness (QED) is 0.704. The highest BCUT2D eigenvalue weighted by molar-refractivity contribution is 6.03. The average Bonchev–Trinajstić information content (AvgIpc) is 2.72. The Balaban J connectivity index is 2.36. The van der Waals surface area contributed by atoms with E-state index in [9.17, 15) is 9.59 Å². The molecule has 1 heterocycles. The first-order valence-electron chi connectivity index (χ1n) is 8.82. The highest BCUT2D eigenvalue weighted by atomic mass is 16.3. The smallest absolute Gasteiger partial charge is 0.280 e. The van der Waals surface area contributed by atoms with Gasteiger partial charge in [-0.3, -0.25) is 9.59 Å². The van der Waals surface area contributed by atoms with Gasteiger partial charge in [-0.25, -0.2) is 4.68 Å². The van der Waals surface area contributed by atoms with E-state index in [1.807, 2.05) is 60.7 Å². The van der Waals surface area contributed by atoms with Crippen LogP contribution in [0.5, 0.6) is 0 Å². The molecule has 0 saturated heterocycles. The van der Waals surface area contributed by atoms with Crippen molar-refractivity contribution in [2.45, 2.75) is 13.5 Å². The molecule has 6 nitrogen and oxygen atoms in total. The predicted molar refractivity (Wildman–Crippen MR) is 104 cm³/mol. The monoisotopic (exact) mass is 363 g/mol. The number of amides is 1. The molecule has 0 spiro atoms. The lowest BCUT2D eigenvalue weighted by molar-refractivity contribution is 0.0943. The summed E-state index contributed by atoms with van der Waals surface area (Å²) in [5.74, 6) is -0.519. The zero-order valence-corrected chi connectivity index (χ0v) is 15.1. The highest BCUT2D eigenvalue weighted by Gasteiger charge is 2.24. The maximum absolute atomic E-state index is 13.0. The molecule has 3 aromatic rings. The molecule has 3 rings (SSSR count). The second-order valence-electron chi connectivity index (χ2n) is 5.93. The number of benzene rings is 2. The standard InChI is InChI=1S/C21H21N3O3/c1-2-24-21(27)18(20(26)22-13-14-25)17(15-9-5-3-6-10-15)19(23-24)16-11-7-4-8-12-16/h3-12,25H,2,13-14H2,1H3,(H,22,26). The van der Waals surface area contributed by atoms with Crippen LogP contribution >= 0.6 is 0 Å². The van der Waals surface area contributed by atoms with Crippen molar-refractivity contribution in [1.82, 2.24) is 15.1 Å². The van der Waals surface area contributed by atoms with E-state index in [0.29, 0.717) is 17.8 Å². The number of hydrogen-bond donors (Lipinski definition) is 2. The van der Waals surface area contributed by atoms with Gasteiger partial charge in [-0.1, -0.05) is 60.7 Å². The van der Waals surface area contributed by atoms with Gasteiger partial charge in [-0.05, 0) is 12.5 Å². The summed E-state index contributed by atoms with van der Waals surface area (Å²) >= 11 is 0. The molecule has 0 atom stereocenters. The molecule has 138 valence electrons. The molecule has 0 fully saturated rings. The van der Waals surface area contributed by atoms with E-state index < -0.39 is 11.5 Å². The van der Waals surface area contributed by atoms with E-state index in [0.717, 1.165) is 11.1 Å². The zero-order valence-electron chi connectivity index (χ0n) is 15.1. The molecular formula is C21H21N3O3. The van der Waals surface area contributed by atoms with Gasteiger partial charge in [0.15, 0.2) is 0 Å². The van der Waals surface area contributed by atoms with Crippen molar-refractivity contribution >= 4 is 5.91 Å². The zero-order chi connectivity index (χ0) is 19.2. The lowest BCUT2D eigenvalue weighted by Gasteiger charge is -2.16. The van der Waals surface area contributed by atoms with Crippen molar-refractivity contribution in [3.63, 3.8) is 0 Å². The molecule has 0 aliphatic rings. The van der Waals surface area contributed by atoms with Gasteiger partial charge in [-0.2, -0.15) is 5.10 Å². The van der Waals surface area contributed by atoms with Gasteiger partial charge in [0.05, 0.1) is 12.3 Å². The molecule has 0 bridgehead atoms. The number of carbonyl (C=O) groups is 1. The van der Waals surface area contributed by atoms with Crippen LogP contribution in [-0.2, 0) is 6.54 Å². The molecule has 6 heteroatoms. The van der Waals surface area contributed by atoms with E-state index in [1.165, 1.54) is 4.68 Å². The first kappa shape index (κ1) is 18.5. The fourth-order valence-corrected chi connectivity index (χ4v) is 2.94. The van der Waals surface area contributed by atoms with Crippen LogP contribution in [-0.4, -0.2) is 33.9 Å². The summed E-state index contributed by atoms with van der Waals surface area (Å²) in [4.78, 5) is 25.8. The number of aliphatic hydroxyl groups excluding tert-OH is 1. The summed E-state index contributed by atoms with van der Waals surface area (Å²) in [6.07, 6.45) is 0. The Hall–Kier alpha value is -3.25. The number of aryl methyl sites for hydroxylation is 1. The summed E-state index contributed by atoms with van der Waals surface area (Å²) in [6, 6.07) is 18.7. The van der Waals surface area contributed by atoms with Crippen LogP contribution in [0.4, 0.5) is 0 Å². The van der Waals surface area contributed by atoms with E-state index in [4.69, 9.17) is 5.11 Å². The Morgan fingerprint density at radius 3 is 2.19 bits per heavy atom. The Kier molecular flexibility index (Phi) is 5.78. The van der Waals surface area contributed by atoms with Crippen LogP contribution in [0.25, 0.3) is 22.4 Å². The van der Waals surface area contributed by atoms with E-state index >= 15 is 0 Å². The van der Waals surface area contributed by atoms with E-state index in [-0.39, 0.29) is 18.7 Å². The third-order valence-corrected chi connectivity index (χ3v) is 4.19. The van der Waals surface area contributed by atoms with Crippen molar-refractivity contribution in [3.8, 4) is 22.4 Å². The molecular weight excluding hydrogens is 342 g/mol. The third kappa shape index (κ3) is 3.80. The lowest BCUT2D eigenvalue weighted by Crippen LogP contribution is -2.36. The summed E-state index contributed by atoms with van der Waals surface area (Å²) in [5, 5.41) is 16.2. The molecule has 0 radical (unpaired) electrons. The molecule has 27 heavy (non-hydrogen) atoms. The van der Waals surface area contributed by atoms with Gasteiger partial charge in [-0.15, -0.1) is 0 Å². The topological polar surface area (TPSA) is 84.2 Å². The van der Waals surface area contributed by atoms with Crippen molar-refractivity contribution in [1.29, 1.82) is 0 Å². The molecule has 0 aliphatic carbocycles. The molecule has 2 N–H and O–H groups in total. The second kappa shape index (κ2) is 8.42. The van der Waals surface area contributed by atoms with Gasteiger partial charge in [0, 0.05) is 24.2 Å². The number of nitrogens with zero attached hydrogens (tertiary/aromatic N) is 2. The number of aliphatic hydroxyl groups is 1. The second-order valence-corrected chi connectivity index (χ2v) is 5.93. The van der Waals surface area contributed by atoms with Crippen LogP contribution in [0, 0.1) is 0 Å². The predicted octanol–water partition coefficient (Wildman–Crippen LogP) is 2.32. The molecule has 0 aliphatic heterocycles. The van der Waals surface area contributed by atoms with Crippen molar-refractivity contribution in [2.24, 2.45) is 0 Å². The minimum atomic E-state index is -0.519. The van der Waals surface area contributed by atoms with Gasteiger partial charge in [0.1, 0.15) is 5.56 Å². The summed E-state index contributed by atoms with van der Waals surface area (Å²) in [6.45, 7) is 2.02. The van der Waals surface area contributed by atoms with Gasteiger partial charge in [0.25, 0.3) is 11.5 Å². The maximum Gasteiger partial charge on any atom is 0.280 e. The van der Waals surface area contributed by atoms with Crippen molar-refractivity contribution in [2.75, 3.05) is 13.2 Å². The fraction of sp³-hybridized carbons (Fsp3) is 0.190. The molecule has 0 unspecified atom stereocenters. The number of carbonyl (C=O) groups excluding carboxylic acids is 1. The number of nitrogens with one attached hydrogen (secondary N) is 1. The van der Waals surface area contributed by atoms with Crippen LogP contribution in [0.15, 0.2) is 65.5 Å². The minimum absolute atomic E-state index is 0.0327. The molecule has 1 amide bonds. The highest BCUT2D eigenvalue weighted by Crippen LogP contribution is 2.31. The van der Waals surface area contributed by atoms with Gasteiger partial charge < -0.3 is 10.4 Å². The van der Waals surface area contributed by atoms with Gasteiger partial charge >= 0.3 is 0 Å². The Bertz CT molecular complexity index is 983. The first-order chi connectivity index (χ1) is 13.2. The molecule has 1 aromatic heterocycles. The van der Waals surface area contributed by atoms with Crippen LogP contribution in [0.3, 0.4) is 0 Å². The Morgan fingerprint density at radius 1 is 1.04 bits per heavy atom. The van der Waals surface area contributed by atoms with E-state index in [2.05, 4.69) is 10.4 Å². The van der Waals surface area contributed by atoms with Crippen molar-refractivity contribution in [3.05, 3.63) is 76.6 Å². The van der Waals surface area contributed by atoms with Crippen molar-refractivity contribution < 1.29 is 9.90 Å². The Morgan fingerprint density at radius 2 is 1.63 bits per heavy atom. The molecule has 2 aromatic carbocycles. The Labute approximate surface area is 157 Å². The third-order valence-electron chi connectivity index (χ3n) is 4.19. The normalized spacial score (nSPS) is 10.6. The van der Waals surface area contributed by atoms with E-state index in [1.54, 1.807) is 6.92 Å². The maximum atomic E-state index is 13.0. The van der Waals surface area contributed by atoms with Gasteiger partial charge in [0.2, 0.25) is 0 Å². The largest absolute Gasteiger partial charge is 0.395 e. The minimum Gasteiger partial charge on any atom is -0.395 e. The number of hydrogen-bond acceptors (Lipinski definition) is 4. The van der Waals surface area contributed by atoms with Crippen LogP contribution in [0.1, 0.15) is 17.3 Å². The summed E-state index contributed by atoms with van der Waals surface area (Å²) in [7, 11) is 0. The summed E-state index contributed by atoms with van der Waals surface area (Å²) < 4.78 is 1.29. The number of rotatable bonds is 6. The summed E-state index contributed by atoms with van der Waals surface area (Å²) in [5.41, 5.74) is 2.19.